The molecule has 3 rings (SSSR count). The summed E-state index contributed by atoms with van der Waals surface area (Å²) in [5.74, 6) is -1.34. The maximum Gasteiger partial charge on any atom is 0.259 e. The van der Waals surface area contributed by atoms with E-state index in [2.05, 4.69) is 38.5 Å². The molecule has 2 saturated heterocycles. The molecular weight excluding hydrogens is 487 g/mol. The van der Waals surface area contributed by atoms with Gasteiger partial charge in [0.2, 0.25) is 11.8 Å². The number of halogens is 1. The zero-order valence-electron chi connectivity index (χ0n) is 16.5. The molecule has 3 N–H and O–H groups in total. The second-order valence-corrected chi connectivity index (χ2v) is 8.57. The first-order valence-electron chi connectivity index (χ1n) is 9.74. The number of Topliss-reactive ketones (excluding diaryl/α,β-unsaturated/α-hetero) is 1. The average molecular weight is 512 g/mol. The summed E-state index contributed by atoms with van der Waals surface area (Å²) in [6.45, 7) is 3.32. The average Bonchev–Trinajstić information content (AvgIpc) is 2.67. The number of rotatable bonds is 6. The molecular formula is C20H25IN4O4. The van der Waals surface area contributed by atoms with Gasteiger partial charge in [0, 0.05) is 53.7 Å². The lowest BCUT2D eigenvalue weighted by atomic mass is 9.89. The molecule has 2 aliphatic rings. The number of nitrogens with zero attached hydrogens (tertiary/aromatic N) is 1. The van der Waals surface area contributed by atoms with E-state index in [9.17, 15) is 19.2 Å². The molecule has 0 saturated carbocycles. The van der Waals surface area contributed by atoms with E-state index >= 15 is 0 Å². The van der Waals surface area contributed by atoms with Crippen molar-refractivity contribution < 1.29 is 19.2 Å². The van der Waals surface area contributed by atoms with E-state index in [1.165, 1.54) is 0 Å². The Morgan fingerprint density at radius 1 is 1.31 bits per heavy atom. The summed E-state index contributed by atoms with van der Waals surface area (Å²) >= 11 is 2.19. The number of amides is 3. The van der Waals surface area contributed by atoms with Gasteiger partial charge in [-0.05, 0) is 53.1 Å². The summed E-state index contributed by atoms with van der Waals surface area (Å²) in [5, 5.41) is 8.64. The number of imide groups is 1. The number of hydrogen-bond donors (Lipinski definition) is 3. The molecule has 2 unspecified atom stereocenters. The van der Waals surface area contributed by atoms with Crippen LogP contribution in [-0.4, -0.2) is 54.7 Å². The molecule has 0 aromatic heterocycles. The lowest BCUT2D eigenvalue weighted by molar-refractivity contribution is -0.136. The lowest BCUT2D eigenvalue weighted by Gasteiger charge is -2.31. The van der Waals surface area contributed by atoms with Crippen molar-refractivity contribution in [2.75, 3.05) is 25.5 Å². The third kappa shape index (κ3) is 4.95. The second-order valence-electron chi connectivity index (χ2n) is 7.40. The zero-order chi connectivity index (χ0) is 21.1. The predicted octanol–water partition coefficient (Wildman–Crippen LogP) is 1.28. The van der Waals surface area contributed by atoms with Crippen molar-refractivity contribution in [1.29, 1.82) is 0 Å². The van der Waals surface area contributed by atoms with Crippen molar-refractivity contribution in [2.24, 2.45) is 5.92 Å². The minimum atomic E-state index is -0.546. The molecule has 29 heavy (non-hydrogen) atoms. The lowest BCUT2D eigenvalue weighted by Crippen LogP contribution is -2.56. The number of piperazine rings is 1. The summed E-state index contributed by atoms with van der Waals surface area (Å²) in [5.41, 5.74) is 2.16. The van der Waals surface area contributed by atoms with Crippen LogP contribution >= 0.6 is 22.6 Å². The highest BCUT2D eigenvalue weighted by Crippen LogP contribution is 2.27. The van der Waals surface area contributed by atoms with Crippen LogP contribution in [0.15, 0.2) is 12.1 Å². The topological polar surface area (TPSA) is 108 Å². The van der Waals surface area contributed by atoms with E-state index in [0.717, 1.165) is 9.13 Å². The number of carbonyl (C=O) groups is 4. The molecule has 0 bridgehead atoms. The molecule has 156 valence electrons. The summed E-state index contributed by atoms with van der Waals surface area (Å²) in [7, 11) is 1.76. The van der Waals surface area contributed by atoms with Gasteiger partial charge in [0.15, 0.2) is 11.9 Å². The highest BCUT2D eigenvalue weighted by Gasteiger charge is 2.30. The summed E-state index contributed by atoms with van der Waals surface area (Å²) in [6, 6.07) is 3.69. The van der Waals surface area contributed by atoms with Gasteiger partial charge in [0.05, 0.1) is 0 Å². The first-order valence-corrected chi connectivity index (χ1v) is 10.8. The SMILES string of the molecule is CCc1c(I)cc(NC2NCCN(C)C2=O)cc1C(=O)CC1CCC(=O)NC1=O. The Kier molecular flexibility index (Phi) is 6.89. The van der Waals surface area contributed by atoms with E-state index in [4.69, 9.17) is 0 Å². The Bertz CT molecular complexity index is 857. The van der Waals surface area contributed by atoms with Crippen molar-refractivity contribution in [3.05, 3.63) is 26.8 Å². The van der Waals surface area contributed by atoms with E-state index in [1.807, 2.05) is 13.0 Å². The Hall–Kier alpha value is -2.01. The highest BCUT2D eigenvalue weighted by atomic mass is 127. The van der Waals surface area contributed by atoms with Crippen molar-refractivity contribution >= 4 is 51.8 Å². The van der Waals surface area contributed by atoms with E-state index in [-0.39, 0.29) is 36.3 Å². The molecule has 8 nitrogen and oxygen atoms in total. The van der Waals surface area contributed by atoms with Gasteiger partial charge in [-0.3, -0.25) is 29.8 Å². The molecule has 0 aliphatic carbocycles. The summed E-state index contributed by atoms with van der Waals surface area (Å²) in [6.07, 6.45) is 0.842. The fourth-order valence-corrected chi connectivity index (χ4v) is 4.68. The van der Waals surface area contributed by atoms with Gasteiger partial charge in [0.25, 0.3) is 5.91 Å². The van der Waals surface area contributed by atoms with Gasteiger partial charge >= 0.3 is 0 Å². The molecule has 3 amide bonds. The van der Waals surface area contributed by atoms with Crippen LogP contribution in [0.4, 0.5) is 5.69 Å². The van der Waals surface area contributed by atoms with Crippen molar-refractivity contribution in [1.82, 2.24) is 15.5 Å². The number of hydrogen-bond acceptors (Lipinski definition) is 6. The minimum Gasteiger partial charge on any atom is -0.362 e. The maximum absolute atomic E-state index is 13.0. The van der Waals surface area contributed by atoms with Crippen LogP contribution in [0, 0.1) is 9.49 Å². The van der Waals surface area contributed by atoms with Gasteiger partial charge in [-0.1, -0.05) is 6.92 Å². The summed E-state index contributed by atoms with van der Waals surface area (Å²) in [4.78, 5) is 50.4. The van der Waals surface area contributed by atoms with Gasteiger partial charge in [-0.25, -0.2) is 0 Å². The fourth-order valence-electron chi connectivity index (χ4n) is 3.67. The number of likely N-dealkylation sites (N-methyl/N-ethyl adjacent to an activating group) is 1. The number of piperidine rings is 1. The number of nitrogens with one attached hydrogen (secondary N) is 3. The maximum atomic E-state index is 13.0. The third-order valence-corrected chi connectivity index (χ3v) is 6.33. The minimum absolute atomic E-state index is 0.0535. The van der Waals surface area contributed by atoms with E-state index in [0.29, 0.717) is 37.2 Å². The molecule has 1 aromatic rings. The van der Waals surface area contributed by atoms with Gasteiger partial charge < -0.3 is 10.2 Å². The number of benzene rings is 1. The smallest absolute Gasteiger partial charge is 0.259 e. The Labute approximate surface area is 183 Å². The Morgan fingerprint density at radius 3 is 2.76 bits per heavy atom. The quantitative estimate of drug-likeness (QED) is 0.301. The number of carbonyl (C=O) groups excluding carboxylic acids is 4. The zero-order valence-corrected chi connectivity index (χ0v) is 18.7. The van der Waals surface area contributed by atoms with E-state index < -0.39 is 12.1 Å². The van der Waals surface area contributed by atoms with Crippen molar-refractivity contribution in [3.63, 3.8) is 0 Å². The highest BCUT2D eigenvalue weighted by molar-refractivity contribution is 14.1. The monoisotopic (exact) mass is 512 g/mol. The third-order valence-electron chi connectivity index (χ3n) is 5.36. The molecule has 0 radical (unpaired) electrons. The van der Waals surface area contributed by atoms with Crippen LogP contribution in [-0.2, 0) is 20.8 Å². The molecule has 2 atom stereocenters. The van der Waals surface area contributed by atoms with Crippen LogP contribution < -0.4 is 16.0 Å². The molecule has 9 heteroatoms. The Balaban J connectivity index is 1.81. The largest absolute Gasteiger partial charge is 0.362 e. The molecule has 2 aliphatic heterocycles. The molecule has 0 spiro atoms. The standard InChI is InChI=1S/C20H25IN4O4/c1-3-13-14(16(26)8-11-4-5-17(27)24-19(11)28)9-12(10-15(13)21)23-18-20(29)25(2)7-6-22-18/h9-11,18,22-23H,3-8H2,1-2H3,(H,24,27,28). The first-order chi connectivity index (χ1) is 13.8. The predicted molar refractivity (Wildman–Crippen MR) is 116 cm³/mol. The normalized spacial score (nSPS) is 22.4. The van der Waals surface area contributed by atoms with Crippen LogP contribution in [0.1, 0.15) is 42.1 Å². The molecule has 1 aromatic carbocycles. The van der Waals surface area contributed by atoms with E-state index in [1.54, 1.807) is 18.0 Å². The number of anilines is 1. The van der Waals surface area contributed by atoms with Gasteiger partial charge in [-0.15, -0.1) is 0 Å². The van der Waals surface area contributed by atoms with Crippen molar-refractivity contribution in [2.45, 2.75) is 38.8 Å². The van der Waals surface area contributed by atoms with Crippen molar-refractivity contribution in [3.8, 4) is 0 Å². The first kappa shape index (κ1) is 21.7. The van der Waals surface area contributed by atoms with Gasteiger partial charge in [-0.2, -0.15) is 0 Å². The fraction of sp³-hybridized carbons (Fsp3) is 0.500. The van der Waals surface area contributed by atoms with Crippen LogP contribution in [0.3, 0.4) is 0 Å². The van der Waals surface area contributed by atoms with Crippen LogP contribution in [0.25, 0.3) is 0 Å². The Morgan fingerprint density at radius 2 is 2.07 bits per heavy atom. The number of ketones is 1. The summed E-state index contributed by atoms with van der Waals surface area (Å²) < 4.78 is 0.929. The second kappa shape index (κ2) is 9.21. The van der Waals surface area contributed by atoms with Crippen LogP contribution in [0.2, 0.25) is 0 Å². The molecule has 2 fully saturated rings. The molecule has 2 heterocycles. The van der Waals surface area contributed by atoms with Crippen LogP contribution in [0.5, 0.6) is 0 Å². The van der Waals surface area contributed by atoms with Gasteiger partial charge in [0.1, 0.15) is 0 Å².